The number of nitrogens with zero attached hydrogens (tertiary/aromatic N) is 6. The first-order valence-corrected chi connectivity index (χ1v) is 6.14. The van der Waals surface area contributed by atoms with Crippen molar-refractivity contribution in [3.63, 3.8) is 0 Å². The molecule has 0 atom stereocenters. The number of aromatic carboxylic acids is 1. The van der Waals surface area contributed by atoms with Crippen molar-refractivity contribution < 1.29 is 9.90 Å². The van der Waals surface area contributed by atoms with E-state index in [2.05, 4.69) is 25.3 Å². The number of carboxylic acid groups (broad SMARTS) is 1. The number of benzene rings is 1. The largest absolute Gasteiger partial charge is 0.475 e. The average molecular weight is 297 g/mol. The fourth-order valence-corrected chi connectivity index (χ4v) is 2.20. The second-order valence-corrected chi connectivity index (χ2v) is 4.50. The third-order valence-electron chi connectivity index (χ3n) is 3.17. The van der Waals surface area contributed by atoms with Gasteiger partial charge in [-0.25, -0.2) is 9.31 Å². The number of carbonyl (C=O) groups is 1. The molecule has 0 saturated heterocycles. The molecule has 4 rings (SSSR count). The number of fused-ring (bicyclic) bond motifs is 3. The Hall–Kier alpha value is -3.56. The fraction of sp³-hybridized carbons (Fsp3) is 0. The van der Waals surface area contributed by atoms with Gasteiger partial charge in [-0.05, 0) is 18.2 Å². The van der Waals surface area contributed by atoms with Gasteiger partial charge in [0.1, 0.15) is 12.7 Å². The van der Waals surface area contributed by atoms with Gasteiger partial charge >= 0.3 is 5.97 Å². The standard InChI is InChI=1S/C12H7N7O3/c20-11-10-16-9(12(21)22)17-19(10)8-2-1-6(3-7(8)15-11)18-4-13-14-5-18/h1-5H,(H,15,20)(H,21,22). The minimum absolute atomic E-state index is 0.0676. The van der Waals surface area contributed by atoms with E-state index in [0.717, 1.165) is 5.69 Å². The summed E-state index contributed by atoms with van der Waals surface area (Å²) in [6, 6.07) is 5.18. The Morgan fingerprint density at radius 3 is 2.73 bits per heavy atom. The first kappa shape index (κ1) is 12.2. The smallest absolute Gasteiger partial charge is 0.375 e. The summed E-state index contributed by atoms with van der Waals surface area (Å²) in [4.78, 5) is 29.4. The molecule has 2 N–H and O–H groups in total. The zero-order valence-electron chi connectivity index (χ0n) is 10.8. The Bertz CT molecular complexity index is 1080. The van der Waals surface area contributed by atoms with Gasteiger partial charge in [-0.2, -0.15) is 4.98 Å². The normalized spacial score (nSPS) is 11.3. The van der Waals surface area contributed by atoms with Gasteiger partial charge in [0.2, 0.25) is 5.65 Å². The van der Waals surface area contributed by atoms with E-state index in [1.54, 1.807) is 22.8 Å². The highest BCUT2D eigenvalue weighted by Gasteiger charge is 2.15. The van der Waals surface area contributed by atoms with Gasteiger partial charge in [-0.1, -0.05) is 0 Å². The van der Waals surface area contributed by atoms with Crippen LogP contribution in [0.25, 0.3) is 22.4 Å². The predicted molar refractivity (Wildman–Crippen MR) is 73.0 cm³/mol. The van der Waals surface area contributed by atoms with Crippen molar-refractivity contribution in [3.8, 4) is 5.69 Å². The minimum atomic E-state index is -1.29. The monoisotopic (exact) mass is 297 g/mol. The second-order valence-electron chi connectivity index (χ2n) is 4.50. The molecule has 108 valence electrons. The van der Waals surface area contributed by atoms with Crippen molar-refractivity contribution in [3.05, 3.63) is 47.0 Å². The van der Waals surface area contributed by atoms with Crippen LogP contribution in [0.15, 0.2) is 35.6 Å². The highest BCUT2D eigenvalue weighted by molar-refractivity contribution is 5.85. The number of aromatic amines is 1. The van der Waals surface area contributed by atoms with E-state index in [1.807, 2.05) is 0 Å². The summed E-state index contributed by atoms with van der Waals surface area (Å²) < 4.78 is 2.89. The van der Waals surface area contributed by atoms with Crippen LogP contribution in [0.5, 0.6) is 0 Å². The van der Waals surface area contributed by atoms with Crippen molar-refractivity contribution in [2.75, 3.05) is 0 Å². The number of hydrogen-bond acceptors (Lipinski definition) is 6. The Morgan fingerprint density at radius 1 is 1.23 bits per heavy atom. The lowest BCUT2D eigenvalue weighted by molar-refractivity contribution is 0.0684. The molecular weight excluding hydrogens is 290 g/mol. The Kier molecular flexibility index (Phi) is 2.34. The van der Waals surface area contributed by atoms with Gasteiger partial charge in [0.15, 0.2) is 0 Å². The van der Waals surface area contributed by atoms with E-state index >= 15 is 0 Å². The summed E-state index contributed by atoms with van der Waals surface area (Å²) in [6.45, 7) is 0. The van der Waals surface area contributed by atoms with Crippen LogP contribution in [0.1, 0.15) is 10.6 Å². The second kappa shape index (κ2) is 4.22. The molecule has 0 bridgehead atoms. The lowest BCUT2D eigenvalue weighted by Crippen LogP contribution is -2.11. The summed E-state index contributed by atoms with van der Waals surface area (Å²) in [5.74, 6) is -1.72. The molecule has 0 radical (unpaired) electrons. The van der Waals surface area contributed by atoms with Crippen LogP contribution in [0.3, 0.4) is 0 Å². The molecule has 3 aromatic heterocycles. The van der Waals surface area contributed by atoms with E-state index in [9.17, 15) is 9.59 Å². The van der Waals surface area contributed by atoms with Gasteiger partial charge in [0.25, 0.3) is 11.4 Å². The maximum absolute atomic E-state index is 12.0. The summed E-state index contributed by atoms with van der Waals surface area (Å²) in [7, 11) is 0. The third kappa shape index (κ3) is 1.67. The lowest BCUT2D eigenvalue weighted by Gasteiger charge is -2.04. The molecule has 22 heavy (non-hydrogen) atoms. The van der Waals surface area contributed by atoms with Crippen LogP contribution in [0.2, 0.25) is 0 Å². The molecule has 0 spiro atoms. The van der Waals surface area contributed by atoms with Crippen LogP contribution in [-0.2, 0) is 0 Å². The molecule has 10 heteroatoms. The molecule has 0 aliphatic rings. The zero-order chi connectivity index (χ0) is 15.3. The van der Waals surface area contributed by atoms with E-state index in [1.165, 1.54) is 17.2 Å². The number of carboxylic acids is 1. The van der Waals surface area contributed by atoms with Crippen LogP contribution < -0.4 is 5.56 Å². The maximum atomic E-state index is 12.0. The third-order valence-corrected chi connectivity index (χ3v) is 3.17. The van der Waals surface area contributed by atoms with E-state index in [-0.39, 0.29) is 5.65 Å². The molecule has 10 nitrogen and oxygen atoms in total. The molecule has 0 amide bonds. The highest BCUT2D eigenvalue weighted by Crippen LogP contribution is 2.16. The molecule has 0 saturated carbocycles. The summed E-state index contributed by atoms with van der Waals surface area (Å²) in [5, 5.41) is 20.2. The molecular formula is C12H7N7O3. The molecule has 0 unspecified atom stereocenters. The van der Waals surface area contributed by atoms with Crippen LogP contribution in [-0.4, -0.2) is 45.4 Å². The lowest BCUT2D eigenvalue weighted by atomic mass is 10.2. The zero-order valence-corrected chi connectivity index (χ0v) is 10.8. The van der Waals surface area contributed by atoms with Crippen LogP contribution >= 0.6 is 0 Å². The number of aromatic nitrogens is 7. The number of rotatable bonds is 2. The summed E-state index contributed by atoms with van der Waals surface area (Å²) >= 11 is 0. The van der Waals surface area contributed by atoms with Gasteiger partial charge in [-0.15, -0.1) is 15.3 Å². The summed E-state index contributed by atoms with van der Waals surface area (Å²) in [5.41, 5.74) is 1.18. The first-order valence-electron chi connectivity index (χ1n) is 6.14. The molecule has 0 aliphatic heterocycles. The topological polar surface area (TPSA) is 131 Å². The van der Waals surface area contributed by atoms with Crippen molar-refractivity contribution >= 4 is 22.6 Å². The highest BCUT2D eigenvalue weighted by atomic mass is 16.4. The van der Waals surface area contributed by atoms with Gasteiger partial charge in [0, 0.05) is 0 Å². The van der Waals surface area contributed by atoms with Crippen LogP contribution in [0, 0.1) is 0 Å². The van der Waals surface area contributed by atoms with Crippen molar-refractivity contribution in [2.45, 2.75) is 0 Å². The van der Waals surface area contributed by atoms with Crippen molar-refractivity contribution in [1.82, 2.24) is 34.3 Å². The summed E-state index contributed by atoms with van der Waals surface area (Å²) in [6.07, 6.45) is 3.05. The molecule has 4 aromatic rings. The molecule has 1 aromatic carbocycles. The van der Waals surface area contributed by atoms with E-state index < -0.39 is 17.4 Å². The average Bonchev–Trinajstić information content (AvgIpc) is 3.17. The SMILES string of the molecule is O=C(O)c1nc2c(=O)[nH]c3cc(-n4cnnc4)ccc3n2n1. The number of H-pyrrole nitrogens is 1. The molecule has 0 fully saturated rings. The minimum Gasteiger partial charge on any atom is -0.475 e. The number of hydrogen-bond donors (Lipinski definition) is 2. The van der Waals surface area contributed by atoms with Crippen molar-refractivity contribution in [1.29, 1.82) is 0 Å². The Morgan fingerprint density at radius 2 is 2.00 bits per heavy atom. The van der Waals surface area contributed by atoms with E-state index in [4.69, 9.17) is 5.11 Å². The number of nitrogens with one attached hydrogen (secondary N) is 1. The predicted octanol–water partition coefficient (Wildman–Crippen LogP) is -0.150. The molecule has 3 heterocycles. The van der Waals surface area contributed by atoms with Crippen LogP contribution in [0.4, 0.5) is 0 Å². The Balaban J connectivity index is 2.05. The first-order chi connectivity index (χ1) is 10.6. The fourth-order valence-electron chi connectivity index (χ4n) is 2.20. The van der Waals surface area contributed by atoms with Crippen molar-refractivity contribution in [2.24, 2.45) is 0 Å². The quantitative estimate of drug-likeness (QED) is 0.526. The molecule has 0 aliphatic carbocycles. The Labute approximate surface area is 120 Å². The van der Waals surface area contributed by atoms with Gasteiger partial charge < -0.3 is 10.1 Å². The van der Waals surface area contributed by atoms with Gasteiger partial charge in [-0.3, -0.25) is 9.36 Å². The maximum Gasteiger partial charge on any atom is 0.375 e. The van der Waals surface area contributed by atoms with Gasteiger partial charge in [0.05, 0.1) is 16.7 Å². The van der Waals surface area contributed by atoms with E-state index in [0.29, 0.717) is 11.0 Å².